The van der Waals surface area contributed by atoms with Gasteiger partial charge in [0, 0.05) is 5.54 Å². The van der Waals surface area contributed by atoms with E-state index < -0.39 is 0 Å². The van der Waals surface area contributed by atoms with Gasteiger partial charge in [0.2, 0.25) is 0 Å². The lowest BCUT2D eigenvalue weighted by atomic mass is 9.77. The van der Waals surface area contributed by atoms with Gasteiger partial charge >= 0.3 is 0 Å². The summed E-state index contributed by atoms with van der Waals surface area (Å²) in [5.74, 6) is 0. The Labute approximate surface area is 110 Å². The zero-order chi connectivity index (χ0) is 12.4. The van der Waals surface area contributed by atoms with Crippen molar-refractivity contribution in [2.45, 2.75) is 56.6 Å². The highest BCUT2D eigenvalue weighted by Crippen LogP contribution is 2.38. The summed E-state index contributed by atoms with van der Waals surface area (Å²) >= 11 is 0. The topological polar surface area (TPSA) is 35.2 Å². The molecule has 1 aromatic rings. The van der Waals surface area contributed by atoms with E-state index in [4.69, 9.17) is 10.5 Å². The molecule has 0 amide bonds. The number of hydrogen-bond acceptors (Lipinski definition) is 2. The molecule has 0 saturated heterocycles. The van der Waals surface area contributed by atoms with Crippen molar-refractivity contribution < 1.29 is 4.74 Å². The molecule has 2 N–H and O–H groups in total. The van der Waals surface area contributed by atoms with E-state index in [1.807, 2.05) is 0 Å². The predicted molar refractivity (Wildman–Crippen MR) is 73.5 cm³/mol. The van der Waals surface area contributed by atoms with Gasteiger partial charge < -0.3 is 10.5 Å². The molecule has 1 aromatic carbocycles. The molecule has 2 heteroatoms. The molecule has 2 nitrogen and oxygen atoms in total. The lowest BCUT2D eigenvalue weighted by molar-refractivity contribution is 0.0155. The third-order valence-electron chi connectivity index (χ3n) is 4.53. The molecule has 1 heterocycles. The highest BCUT2D eigenvalue weighted by Gasteiger charge is 2.33. The van der Waals surface area contributed by atoms with E-state index in [-0.39, 0.29) is 11.6 Å². The minimum atomic E-state index is 0.00731. The molecule has 2 aliphatic rings. The highest BCUT2D eigenvalue weighted by molar-refractivity contribution is 5.31. The van der Waals surface area contributed by atoms with Gasteiger partial charge in [-0.15, -0.1) is 0 Å². The van der Waals surface area contributed by atoms with Crippen LogP contribution in [0, 0.1) is 0 Å². The summed E-state index contributed by atoms with van der Waals surface area (Å²) in [6, 6.07) is 8.69. The van der Waals surface area contributed by atoms with E-state index in [1.165, 1.54) is 30.4 Å². The van der Waals surface area contributed by atoms with Gasteiger partial charge in [-0.05, 0) is 36.8 Å². The second kappa shape index (κ2) is 5.02. The Morgan fingerprint density at radius 3 is 2.78 bits per heavy atom. The fraction of sp³-hybridized carbons (Fsp3) is 0.625. The third-order valence-corrected chi connectivity index (χ3v) is 4.53. The predicted octanol–water partition coefficient (Wildman–Crippen LogP) is 3.35. The van der Waals surface area contributed by atoms with Crippen LogP contribution < -0.4 is 5.73 Å². The molecule has 0 spiro atoms. The first kappa shape index (κ1) is 12.2. The fourth-order valence-corrected chi connectivity index (χ4v) is 3.48. The first-order valence-corrected chi connectivity index (χ1v) is 7.25. The van der Waals surface area contributed by atoms with E-state index in [2.05, 4.69) is 24.3 Å². The van der Waals surface area contributed by atoms with Crippen LogP contribution in [0.1, 0.15) is 55.8 Å². The van der Waals surface area contributed by atoms with Crippen LogP contribution in [0.25, 0.3) is 0 Å². The van der Waals surface area contributed by atoms with E-state index in [9.17, 15) is 0 Å². The van der Waals surface area contributed by atoms with Gasteiger partial charge in [0.25, 0.3) is 0 Å². The van der Waals surface area contributed by atoms with Gasteiger partial charge in [0.05, 0.1) is 12.7 Å². The lowest BCUT2D eigenvalue weighted by Crippen LogP contribution is -2.43. The summed E-state index contributed by atoms with van der Waals surface area (Å²) in [5, 5.41) is 0. The van der Waals surface area contributed by atoms with Gasteiger partial charge in [0.1, 0.15) is 0 Å². The van der Waals surface area contributed by atoms with E-state index >= 15 is 0 Å². The van der Waals surface area contributed by atoms with Crippen LogP contribution in [0.4, 0.5) is 0 Å². The molecule has 98 valence electrons. The van der Waals surface area contributed by atoms with Gasteiger partial charge in [-0.3, -0.25) is 0 Å². The summed E-state index contributed by atoms with van der Waals surface area (Å²) in [5.41, 5.74) is 9.40. The van der Waals surface area contributed by atoms with Gasteiger partial charge in [-0.25, -0.2) is 0 Å². The molecule has 0 bridgehead atoms. The first-order chi connectivity index (χ1) is 8.77. The molecular weight excluding hydrogens is 222 g/mol. The van der Waals surface area contributed by atoms with Crippen LogP contribution in [0.5, 0.6) is 0 Å². The average Bonchev–Trinajstić information content (AvgIpc) is 2.40. The molecule has 1 unspecified atom stereocenters. The summed E-state index contributed by atoms with van der Waals surface area (Å²) in [6.45, 7) is 0.845. The fourth-order valence-electron chi connectivity index (χ4n) is 3.48. The molecule has 1 aliphatic heterocycles. The number of fused-ring (bicyclic) bond motifs is 1. The van der Waals surface area contributed by atoms with E-state index in [0.29, 0.717) is 0 Å². The quantitative estimate of drug-likeness (QED) is 0.867. The molecule has 3 rings (SSSR count). The maximum absolute atomic E-state index is 6.57. The molecule has 18 heavy (non-hydrogen) atoms. The Balaban J connectivity index is 1.77. The molecule has 0 aromatic heterocycles. The van der Waals surface area contributed by atoms with Crippen LogP contribution in [0.2, 0.25) is 0 Å². The monoisotopic (exact) mass is 245 g/mol. The van der Waals surface area contributed by atoms with E-state index in [0.717, 1.165) is 32.3 Å². The Kier molecular flexibility index (Phi) is 3.40. The number of benzene rings is 1. The Morgan fingerprint density at radius 1 is 1.17 bits per heavy atom. The largest absolute Gasteiger partial charge is 0.373 e. The molecule has 1 saturated carbocycles. The number of nitrogens with two attached hydrogens (primary N) is 1. The summed E-state index contributed by atoms with van der Waals surface area (Å²) < 4.78 is 5.99. The first-order valence-electron chi connectivity index (χ1n) is 7.25. The highest BCUT2D eigenvalue weighted by atomic mass is 16.5. The minimum Gasteiger partial charge on any atom is -0.373 e. The molecule has 1 atom stereocenters. The van der Waals surface area contributed by atoms with Crippen LogP contribution in [-0.4, -0.2) is 12.1 Å². The second-order valence-corrected chi connectivity index (χ2v) is 5.94. The zero-order valence-electron chi connectivity index (χ0n) is 11.0. The standard InChI is InChI=1S/C16H23NO/c17-16(9-4-1-5-10-16)12-15-14-7-3-2-6-13(14)8-11-18-15/h2-3,6-7,15H,1,4-5,8-12,17H2. The Bertz CT molecular complexity index is 409. The summed E-state index contributed by atoms with van der Waals surface area (Å²) in [7, 11) is 0. The summed E-state index contributed by atoms with van der Waals surface area (Å²) in [4.78, 5) is 0. The van der Waals surface area contributed by atoms with Crippen LogP contribution in [-0.2, 0) is 11.2 Å². The smallest absolute Gasteiger partial charge is 0.0845 e. The zero-order valence-corrected chi connectivity index (χ0v) is 11.0. The average molecular weight is 245 g/mol. The van der Waals surface area contributed by atoms with Crippen molar-refractivity contribution in [2.24, 2.45) is 5.73 Å². The van der Waals surface area contributed by atoms with Gasteiger partial charge in [0.15, 0.2) is 0 Å². The molecule has 1 aliphatic carbocycles. The van der Waals surface area contributed by atoms with Crippen molar-refractivity contribution in [3.8, 4) is 0 Å². The summed E-state index contributed by atoms with van der Waals surface area (Å²) in [6.07, 6.45) is 8.49. The van der Waals surface area contributed by atoms with Crippen molar-refractivity contribution in [2.75, 3.05) is 6.61 Å². The van der Waals surface area contributed by atoms with Crippen molar-refractivity contribution in [1.82, 2.24) is 0 Å². The SMILES string of the molecule is NC1(CC2OCCc3ccccc32)CCCCC1. The molecular formula is C16H23NO. The third kappa shape index (κ3) is 2.45. The van der Waals surface area contributed by atoms with Crippen molar-refractivity contribution in [3.63, 3.8) is 0 Å². The van der Waals surface area contributed by atoms with E-state index in [1.54, 1.807) is 0 Å². The van der Waals surface area contributed by atoms with Crippen LogP contribution >= 0.6 is 0 Å². The van der Waals surface area contributed by atoms with Gasteiger partial charge in [-0.1, -0.05) is 43.5 Å². The maximum atomic E-state index is 6.57. The number of hydrogen-bond donors (Lipinski definition) is 1. The number of ether oxygens (including phenoxy) is 1. The minimum absolute atomic E-state index is 0.00731. The Hall–Kier alpha value is -0.860. The molecule has 0 radical (unpaired) electrons. The second-order valence-electron chi connectivity index (χ2n) is 5.94. The van der Waals surface area contributed by atoms with Crippen LogP contribution in [0.15, 0.2) is 24.3 Å². The van der Waals surface area contributed by atoms with Gasteiger partial charge in [-0.2, -0.15) is 0 Å². The Morgan fingerprint density at radius 2 is 1.94 bits per heavy atom. The molecule has 1 fully saturated rings. The van der Waals surface area contributed by atoms with Crippen molar-refractivity contribution in [1.29, 1.82) is 0 Å². The van der Waals surface area contributed by atoms with Crippen LogP contribution in [0.3, 0.4) is 0 Å². The maximum Gasteiger partial charge on any atom is 0.0845 e. The van der Waals surface area contributed by atoms with Crippen molar-refractivity contribution >= 4 is 0 Å². The lowest BCUT2D eigenvalue weighted by Gasteiger charge is -2.38. The normalized spacial score (nSPS) is 26.6. The van der Waals surface area contributed by atoms with Crippen molar-refractivity contribution in [3.05, 3.63) is 35.4 Å². The number of rotatable bonds is 2.